The maximum atomic E-state index is 5.43. The molecule has 0 fully saturated rings. The number of aromatic nitrogens is 2. The van der Waals surface area contributed by atoms with E-state index in [0.717, 1.165) is 28.5 Å². The van der Waals surface area contributed by atoms with Crippen molar-refractivity contribution in [2.24, 2.45) is 0 Å². The Morgan fingerprint density at radius 3 is 2.75 bits per heavy atom. The third-order valence-corrected chi connectivity index (χ3v) is 4.90. The second-order valence-electron chi connectivity index (χ2n) is 5.58. The van der Waals surface area contributed by atoms with E-state index in [1.807, 2.05) is 46.6 Å². The van der Waals surface area contributed by atoms with Crippen LogP contribution in [0, 0.1) is 6.92 Å². The summed E-state index contributed by atoms with van der Waals surface area (Å²) in [6.07, 6.45) is 0. The molecule has 0 aliphatic carbocycles. The number of aryl methyl sites for hydroxylation is 1. The molecule has 122 valence electrons. The Balaban J connectivity index is 1.53. The van der Waals surface area contributed by atoms with Crippen LogP contribution in [0.2, 0.25) is 0 Å². The van der Waals surface area contributed by atoms with Crippen LogP contribution in [0.5, 0.6) is 5.75 Å². The van der Waals surface area contributed by atoms with E-state index in [1.165, 1.54) is 5.56 Å². The predicted molar refractivity (Wildman–Crippen MR) is 99.4 cm³/mol. The Hall–Kier alpha value is -2.60. The van der Waals surface area contributed by atoms with Crippen LogP contribution in [0.3, 0.4) is 0 Å². The quantitative estimate of drug-likeness (QED) is 0.747. The number of fused-ring (bicyclic) bond motifs is 1. The lowest BCUT2D eigenvalue weighted by molar-refractivity contribution is 0.416. The average molecular weight is 338 g/mol. The van der Waals surface area contributed by atoms with Gasteiger partial charge in [0.15, 0.2) is 5.50 Å². The molecule has 2 N–H and O–H groups in total. The fraction of sp³-hybridized carbons (Fsp3) is 0.167. The average Bonchev–Trinajstić information content (AvgIpc) is 3.15. The molecule has 5 nitrogen and oxygen atoms in total. The molecule has 0 bridgehead atoms. The van der Waals surface area contributed by atoms with Crippen molar-refractivity contribution in [3.63, 3.8) is 0 Å². The summed E-state index contributed by atoms with van der Waals surface area (Å²) >= 11 is 1.61. The summed E-state index contributed by atoms with van der Waals surface area (Å²) in [4.78, 5) is 0. The summed E-state index contributed by atoms with van der Waals surface area (Å²) in [6.45, 7) is 2.10. The normalized spacial score (nSPS) is 15.7. The highest BCUT2D eigenvalue weighted by molar-refractivity contribution is 7.98. The topological polar surface area (TPSA) is 51.1 Å². The van der Waals surface area contributed by atoms with Gasteiger partial charge in [0, 0.05) is 29.3 Å². The Morgan fingerprint density at radius 1 is 1.17 bits per heavy atom. The van der Waals surface area contributed by atoms with Gasteiger partial charge in [-0.15, -0.1) is 0 Å². The fourth-order valence-electron chi connectivity index (χ4n) is 2.73. The Kier molecular flexibility index (Phi) is 3.82. The van der Waals surface area contributed by atoms with Crippen LogP contribution in [0.25, 0.3) is 11.3 Å². The molecular weight excluding hydrogens is 320 g/mol. The molecule has 2 heterocycles. The largest absolute Gasteiger partial charge is 0.496 e. The molecule has 1 aliphatic heterocycles. The number of hydrogen-bond acceptors (Lipinski definition) is 5. The van der Waals surface area contributed by atoms with Crippen LogP contribution in [-0.2, 0) is 0 Å². The Bertz CT molecular complexity index is 853. The maximum absolute atomic E-state index is 5.43. The Morgan fingerprint density at radius 2 is 1.96 bits per heavy atom. The van der Waals surface area contributed by atoms with Gasteiger partial charge in [0.25, 0.3) is 0 Å². The first-order valence-corrected chi connectivity index (χ1v) is 8.57. The number of para-hydroxylation sites is 2. The first kappa shape index (κ1) is 15.0. The van der Waals surface area contributed by atoms with Gasteiger partial charge in [-0.25, -0.2) is 0 Å². The summed E-state index contributed by atoms with van der Waals surface area (Å²) in [5.41, 5.74) is 4.29. The number of hydrogen-bond donors (Lipinski definition) is 2. The third kappa shape index (κ3) is 2.69. The smallest absolute Gasteiger partial charge is 0.168 e. The van der Waals surface area contributed by atoms with Gasteiger partial charge in [0.1, 0.15) is 11.6 Å². The molecule has 6 heteroatoms. The van der Waals surface area contributed by atoms with E-state index in [4.69, 9.17) is 4.74 Å². The number of nitrogens with one attached hydrogen (secondary N) is 2. The number of ether oxygens (including phenoxy) is 1. The molecule has 1 unspecified atom stereocenters. The zero-order chi connectivity index (χ0) is 16.5. The standard InChI is InChI=1S/C18H18N4OS/c1-12-7-3-5-9-14(12)19-18-20-17-11-15(21-22(17)24-18)13-8-4-6-10-16(13)23-2/h3-11,18-20H,1-2H3. The van der Waals surface area contributed by atoms with E-state index in [-0.39, 0.29) is 5.50 Å². The summed E-state index contributed by atoms with van der Waals surface area (Å²) in [5, 5.41) is 11.6. The molecule has 2 aromatic carbocycles. The minimum Gasteiger partial charge on any atom is -0.496 e. The molecule has 1 aromatic heterocycles. The van der Waals surface area contributed by atoms with Gasteiger partial charge >= 0.3 is 0 Å². The van der Waals surface area contributed by atoms with Crippen LogP contribution >= 0.6 is 11.9 Å². The predicted octanol–water partition coefficient (Wildman–Crippen LogP) is 4.18. The zero-order valence-electron chi connectivity index (χ0n) is 13.5. The third-order valence-electron chi connectivity index (χ3n) is 3.98. The second kappa shape index (κ2) is 6.13. The second-order valence-corrected chi connectivity index (χ2v) is 6.61. The van der Waals surface area contributed by atoms with Crippen molar-refractivity contribution in [3.8, 4) is 17.0 Å². The number of methoxy groups -OCH3 is 1. The molecule has 0 radical (unpaired) electrons. The number of nitrogens with zero attached hydrogens (tertiary/aromatic N) is 2. The van der Waals surface area contributed by atoms with Crippen LogP contribution in [0.4, 0.5) is 11.5 Å². The first-order valence-electron chi connectivity index (χ1n) is 7.74. The van der Waals surface area contributed by atoms with E-state index < -0.39 is 0 Å². The Labute approximate surface area is 145 Å². The van der Waals surface area contributed by atoms with Crippen molar-refractivity contribution in [2.75, 3.05) is 17.7 Å². The molecule has 24 heavy (non-hydrogen) atoms. The number of anilines is 2. The molecule has 0 amide bonds. The van der Waals surface area contributed by atoms with Crippen molar-refractivity contribution in [3.05, 3.63) is 60.2 Å². The van der Waals surface area contributed by atoms with Crippen LogP contribution in [0.1, 0.15) is 5.56 Å². The molecule has 4 rings (SSSR count). The van der Waals surface area contributed by atoms with E-state index in [2.05, 4.69) is 34.8 Å². The zero-order valence-corrected chi connectivity index (χ0v) is 14.3. The lowest BCUT2D eigenvalue weighted by Crippen LogP contribution is -2.21. The highest BCUT2D eigenvalue weighted by Crippen LogP contribution is 2.36. The van der Waals surface area contributed by atoms with Gasteiger partial charge in [0.05, 0.1) is 12.8 Å². The molecule has 1 atom stereocenters. The highest BCUT2D eigenvalue weighted by atomic mass is 32.2. The van der Waals surface area contributed by atoms with Gasteiger partial charge in [-0.2, -0.15) is 9.19 Å². The van der Waals surface area contributed by atoms with Crippen molar-refractivity contribution in [1.29, 1.82) is 0 Å². The summed E-state index contributed by atoms with van der Waals surface area (Å²) in [6, 6.07) is 18.2. The summed E-state index contributed by atoms with van der Waals surface area (Å²) < 4.78 is 7.34. The van der Waals surface area contributed by atoms with Crippen molar-refractivity contribution >= 4 is 23.5 Å². The van der Waals surface area contributed by atoms with E-state index in [0.29, 0.717) is 0 Å². The minimum atomic E-state index is 0.0559. The van der Waals surface area contributed by atoms with E-state index in [1.54, 1.807) is 19.1 Å². The minimum absolute atomic E-state index is 0.0559. The van der Waals surface area contributed by atoms with Gasteiger partial charge in [-0.3, -0.25) is 0 Å². The van der Waals surface area contributed by atoms with Crippen molar-refractivity contribution < 1.29 is 4.74 Å². The molecule has 0 spiro atoms. The van der Waals surface area contributed by atoms with Crippen LogP contribution in [-0.4, -0.2) is 21.8 Å². The van der Waals surface area contributed by atoms with Gasteiger partial charge < -0.3 is 15.4 Å². The van der Waals surface area contributed by atoms with Gasteiger partial charge in [0.2, 0.25) is 0 Å². The van der Waals surface area contributed by atoms with Crippen LogP contribution in [0.15, 0.2) is 54.6 Å². The van der Waals surface area contributed by atoms with Gasteiger partial charge in [-0.05, 0) is 30.7 Å². The highest BCUT2D eigenvalue weighted by Gasteiger charge is 2.25. The molecular formula is C18H18N4OS. The molecule has 0 saturated heterocycles. The summed E-state index contributed by atoms with van der Waals surface area (Å²) in [5.74, 6) is 1.81. The van der Waals surface area contributed by atoms with E-state index in [9.17, 15) is 0 Å². The molecule has 0 saturated carbocycles. The van der Waals surface area contributed by atoms with Crippen LogP contribution < -0.4 is 15.4 Å². The molecule has 1 aliphatic rings. The van der Waals surface area contributed by atoms with Crippen molar-refractivity contribution in [1.82, 2.24) is 9.19 Å². The lowest BCUT2D eigenvalue weighted by atomic mass is 10.1. The number of benzene rings is 2. The fourth-order valence-corrected chi connectivity index (χ4v) is 3.64. The SMILES string of the molecule is COc1ccccc1-c1cc2n(n1)SC(Nc1ccccc1C)N2. The van der Waals surface area contributed by atoms with Crippen molar-refractivity contribution in [2.45, 2.75) is 12.4 Å². The number of rotatable bonds is 4. The maximum Gasteiger partial charge on any atom is 0.168 e. The summed E-state index contributed by atoms with van der Waals surface area (Å²) in [7, 11) is 1.68. The first-order chi connectivity index (χ1) is 11.7. The monoisotopic (exact) mass is 338 g/mol. The lowest BCUT2D eigenvalue weighted by Gasteiger charge is -2.15. The van der Waals surface area contributed by atoms with E-state index >= 15 is 0 Å². The molecule has 3 aromatic rings. The van der Waals surface area contributed by atoms with Gasteiger partial charge in [-0.1, -0.05) is 30.3 Å².